The molecule has 2 aromatic carbocycles. The molecular formula is C20H22N4O2S. The van der Waals surface area contributed by atoms with Gasteiger partial charge in [0.1, 0.15) is 5.82 Å². The molecule has 1 aromatic heterocycles. The van der Waals surface area contributed by atoms with Gasteiger partial charge in [-0.3, -0.25) is 9.59 Å². The molecule has 0 unspecified atom stereocenters. The first kappa shape index (κ1) is 18.8. The Morgan fingerprint density at radius 1 is 0.926 bits per heavy atom. The molecule has 0 saturated heterocycles. The van der Waals surface area contributed by atoms with Crippen LogP contribution in [0.5, 0.6) is 0 Å². The molecule has 0 aliphatic heterocycles. The van der Waals surface area contributed by atoms with Crippen molar-refractivity contribution < 1.29 is 9.59 Å². The standard InChI is InChI=1S/C20H22N4O2S/c1-2-10-22-19(25)14-6-5-7-15(13-14)20(26)23-12-11-21-18-16-8-3-4-9-17(16)27-24-18/h3-9,13H,2,10-12H2,1H3,(H,21,24)(H,22,25)(H,23,26). The number of fused-ring (bicyclic) bond motifs is 1. The number of carbonyl (C=O) groups excluding carboxylic acids is 2. The maximum absolute atomic E-state index is 12.3. The van der Waals surface area contributed by atoms with Crippen molar-refractivity contribution in [3.63, 3.8) is 0 Å². The van der Waals surface area contributed by atoms with Crippen LogP contribution in [0, 0.1) is 0 Å². The van der Waals surface area contributed by atoms with E-state index in [0.717, 1.165) is 22.3 Å². The third-order valence-corrected chi connectivity index (χ3v) is 4.83. The van der Waals surface area contributed by atoms with Crippen LogP contribution in [-0.4, -0.2) is 35.8 Å². The van der Waals surface area contributed by atoms with Crippen LogP contribution in [0.1, 0.15) is 34.1 Å². The lowest BCUT2D eigenvalue weighted by molar-refractivity contribution is 0.0953. The van der Waals surface area contributed by atoms with E-state index in [1.165, 1.54) is 11.5 Å². The van der Waals surface area contributed by atoms with E-state index < -0.39 is 0 Å². The van der Waals surface area contributed by atoms with Crippen LogP contribution in [0.4, 0.5) is 5.82 Å². The highest BCUT2D eigenvalue weighted by Crippen LogP contribution is 2.25. The predicted octanol–water partition coefficient (Wildman–Crippen LogP) is 3.28. The van der Waals surface area contributed by atoms with E-state index in [4.69, 9.17) is 0 Å². The first-order valence-electron chi connectivity index (χ1n) is 8.94. The molecule has 0 bridgehead atoms. The number of hydrogen-bond acceptors (Lipinski definition) is 5. The second kappa shape index (κ2) is 9.14. The number of aromatic nitrogens is 1. The summed E-state index contributed by atoms with van der Waals surface area (Å²) in [7, 11) is 0. The van der Waals surface area contributed by atoms with E-state index in [0.29, 0.717) is 30.8 Å². The van der Waals surface area contributed by atoms with Crippen molar-refractivity contribution in [3.05, 3.63) is 59.7 Å². The Kier molecular flexibility index (Phi) is 6.38. The summed E-state index contributed by atoms with van der Waals surface area (Å²) in [6, 6.07) is 14.8. The van der Waals surface area contributed by atoms with Crippen LogP contribution < -0.4 is 16.0 Å². The molecule has 1 heterocycles. The van der Waals surface area contributed by atoms with E-state index in [1.54, 1.807) is 24.3 Å². The quantitative estimate of drug-likeness (QED) is 0.522. The fourth-order valence-corrected chi connectivity index (χ4v) is 3.37. The van der Waals surface area contributed by atoms with Gasteiger partial charge in [0.2, 0.25) is 0 Å². The summed E-state index contributed by atoms with van der Waals surface area (Å²) in [6.45, 7) is 3.63. The fourth-order valence-electron chi connectivity index (χ4n) is 2.61. The van der Waals surface area contributed by atoms with Crippen LogP contribution in [-0.2, 0) is 0 Å². The topological polar surface area (TPSA) is 83.1 Å². The highest BCUT2D eigenvalue weighted by atomic mass is 32.1. The van der Waals surface area contributed by atoms with Crippen LogP contribution in [0.3, 0.4) is 0 Å². The molecule has 7 heteroatoms. The first-order chi connectivity index (χ1) is 13.2. The minimum atomic E-state index is -0.204. The van der Waals surface area contributed by atoms with Crippen molar-refractivity contribution in [2.24, 2.45) is 0 Å². The molecule has 0 radical (unpaired) electrons. The van der Waals surface area contributed by atoms with Gasteiger partial charge in [0.25, 0.3) is 11.8 Å². The van der Waals surface area contributed by atoms with Gasteiger partial charge in [0, 0.05) is 36.1 Å². The normalized spacial score (nSPS) is 10.6. The molecule has 0 saturated carbocycles. The maximum Gasteiger partial charge on any atom is 0.251 e. The Morgan fingerprint density at radius 2 is 1.63 bits per heavy atom. The highest BCUT2D eigenvalue weighted by molar-refractivity contribution is 7.13. The van der Waals surface area contributed by atoms with Gasteiger partial charge in [-0.05, 0) is 48.3 Å². The average Bonchev–Trinajstić information content (AvgIpc) is 3.12. The van der Waals surface area contributed by atoms with Gasteiger partial charge in [-0.25, -0.2) is 0 Å². The van der Waals surface area contributed by atoms with Crippen LogP contribution >= 0.6 is 11.5 Å². The largest absolute Gasteiger partial charge is 0.367 e. The Balaban J connectivity index is 1.51. The van der Waals surface area contributed by atoms with Crippen LogP contribution in [0.2, 0.25) is 0 Å². The molecule has 3 rings (SSSR count). The summed E-state index contributed by atoms with van der Waals surface area (Å²) in [5.74, 6) is 0.466. The Labute approximate surface area is 162 Å². The van der Waals surface area contributed by atoms with E-state index in [1.807, 2.05) is 31.2 Å². The second-order valence-corrected chi connectivity index (χ2v) is 6.85. The van der Waals surface area contributed by atoms with Crippen LogP contribution in [0.15, 0.2) is 48.5 Å². The molecule has 3 aromatic rings. The number of carbonyl (C=O) groups is 2. The zero-order chi connectivity index (χ0) is 19.1. The number of hydrogen-bond donors (Lipinski definition) is 3. The molecule has 27 heavy (non-hydrogen) atoms. The second-order valence-electron chi connectivity index (χ2n) is 6.05. The molecule has 140 valence electrons. The average molecular weight is 382 g/mol. The number of anilines is 1. The zero-order valence-corrected chi connectivity index (χ0v) is 15.9. The van der Waals surface area contributed by atoms with Gasteiger partial charge < -0.3 is 16.0 Å². The summed E-state index contributed by atoms with van der Waals surface area (Å²) in [5.41, 5.74) is 0.960. The van der Waals surface area contributed by atoms with Crippen molar-refractivity contribution >= 4 is 39.3 Å². The summed E-state index contributed by atoms with van der Waals surface area (Å²) in [5, 5.41) is 10.0. The number of nitrogens with zero attached hydrogens (tertiary/aromatic N) is 1. The summed E-state index contributed by atoms with van der Waals surface area (Å²) < 4.78 is 5.53. The molecule has 2 amide bonds. The van der Waals surface area contributed by atoms with Crippen LogP contribution in [0.25, 0.3) is 10.1 Å². The lowest BCUT2D eigenvalue weighted by Crippen LogP contribution is -2.29. The Bertz CT molecular complexity index is 938. The minimum Gasteiger partial charge on any atom is -0.367 e. The van der Waals surface area contributed by atoms with Gasteiger partial charge in [-0.2, -0.15) is 4.37 Å². The van der Waals surface area contributed by atoms with Gasteiger partial charge in [0.15, 0.2) is 0 Å². The fraction of sp³-hybridized carbons (Fsp3) is 0.250. The molecule has 0 aliphatic rings. The third-order valence-electron chi connectivity index (χ3n) is 4.00. The van der Waals surface area contributed by atoms with Crippen molar-refractivity contribution in [2.45, 2.75) is 13.3 Å². The van der Waals surface area contributed by atoms with Gasteiger partial charge in [-0.1, -0.05) is 25.1 Å². The van der Waals surface area contributed by atoms with Gasteiger partial charge in [0.05, 0.1) is 4.70 Å². The maximum atomic E-state index is 12.3. The molecule has 3 N–H and O–H groups in total. The van der Waals surface area contributed by atoms with Gasteiger partial charge >= 0.3 is 0 Å². The predicted molar refractivity (Wildman–Crippen MR) is 110 cm³/mol. The highest BCUT2D eigenvalue weighted by Gasteiger charge is 2.10. The monoisotopic (exact) mass is 382 g/mol. The molecule has 0 atom stereocenters. The Hall–Kier alpha value is -2.93. The van der Waals surface area contributed by atoms with Gasteiger partial charge in [-0.15, -0.1) is 0 Å². The number of benzene rings is 2. The number of nitrogens with one attached hydrogen (secondary N) is 3. The lowest BCUT2D eigenvalue weighted by atomic mass is 10.1. The number of amides is 2. The van der Waals surface area contributed by atoms with Crippen molar-refractivity contribution in [3.8, 4) is 0 Å². The molecule has 0 aliphatic carbocycles. The van der Waals surface area contributed by atoms with E-state index in [2.05, 4.69) is 20.3 Å². The Morgan fingerprint density at radius 3 is 2.37 bits per heavy atom. The lowest BCUT2D eigenvalue weighted by Gasteiger charge is -2.08. The van der Waals surface area contributed by atoms with E-state index >= 15 is 0 Å². The summed E-state index contributed by atoms with van der Waals surface area (Å²) >= 11 is 1.45. The van der Waals surface area contributed by atoms with E-state index in [-0.39, 0.29) is 11.8 Å². The van der Waals surface area contributed by atoms with Crippen molar-refractivity contribution in [1.29, 1.82) is 0 Å². The summed E-state index contributed by atoms with van der Waals surface area (Å²) in [6.07, 6.45) is 0.868. The minimum absolute atomic E-state index is 0.163. The van der Waals surface area contributed by atoms with Crippen molar-refractivity contribution in [1.82, 2.24) is 15.0 Å². The summed E-state index contributed by atoms with van der Waals surface area (Å²) in [4.78, 5) is 24.3. The molecule has 0 fully saturated rings. The third kappa shape index (κ3) is 4.83. The molecule has 0 spiro atoms. The van der Waals surface area contributed by atoms with E-state index in [9.17, 15) is 9.59 Å². The first-order valence-corrected chi connectivity index (χ1v) is 9.71. The smallest absolute Gasteiger partial charge is 0.251 e. The zero-order valence-electron chi connectivity index (χ0n) is 15.1. The molecule has 6 nitrogen and oxygen atoms in total. The molecular weight excluding hydrogens is 360 g/mol. The number of rotatable bonds is 8. The SMILES string of the molecule is CCCNC(=O)c1cccc(C(=O)NCCNc2nsc3ccccc23)c1. The van der Waals surface area contributed by atoms with Crippen molar-refractivity contribution in [2.75, 3.05) is 25.0 Å².